The highest BCUT2D eigenvalue weighted by Crippen LogP contribution is 2.40. The fourth-order valence-corrected chi connectivity index (χ4v) is 3.74. The number of amides is 1. The predicted molar refractivity (Wildman–Crippen MR) is 118 cm³/mol. The molecule has 0 aliphatic rings. The number of furan rings is 1. The molecular weight excluding hydrogens is 420 g/mol. The first kappa shape index (κ1) is 22.5. The van der Waals surface area contributed by atoms with E-state index in [9.17, 15) is 4.79 Å². The molecule has 2 aromatic heterocycles. The van der Waals surface area contributed by atoms with Gasteiger partial charge in [-0.25, -0.2) is 0 Å². The van der Waals surface area contributed by atoms with Crippen molar-refractivity contribution in [3.05, 3.63) is 30.5 Å². The Kier molecular flexibility index (Phi) is 7.45. The lowest BCUT2D eigenvalue weighted by atomic mass is 10.2. The second kappa shape index (κ2) is 10.3. The molecule has 0 unspecified atom stereocenters. The monoisotopic (exact) mass is 446 g/mol. The molecule has 166 valence electrons. The maximum absolute atomic E-state index is 12.6. The van der Waals surface area contributed by atoms with Gasteiger partial charge in [0.2, 0.25) is 11.7 Å². The van der Waals surface area contributed by atoms with Gasteiger partial charge in [-0.15, -0.1) is 10.2 Å². The molecule has 2 heterocycles. The molecule has 1 aromatic carbocycles. The second-order valence-corrected chi connectivity index (χ2v) is 7.98. The SMILES string of the molecule is COc1cc(NC(=O)CSc2nnc(-c3ccco3)n2CC(C)C)cc(OC)c1OC. The number of nitrogens with zero attached hydrogens (tertiary/aromatic N) is 3. The minimum absolute atomic E-state index is 0.158. The lowest BCUT2D eigenvalue weighted by Crippen LogP contribution is -2.15. The van der Waals surface area contributed by atoms with Crippen LogP contribution in [0.3, 0.4) is 0 Å². The number of hydrogen-bond donors (Lipinski definition) is 1. The number of benzene rings is 1. The maximum Gasteiger partial charge on any atom is 0.234 e. The van der Waals surface area contributed by atoms with Crippen LogP contribution in [0.25, 0.3) is 11.6 Å². The molecule has 0 atom stereocenters. The summed E-state index contributed by atoms with van der Waals surface area (Å²) in [6.45, 7) is 4.93. The van der Waals surface area contributed by atoms with Crippen molar-refractivity contribution in [1.82, 2.24) is 14.8 Å². The molecule has 0 aliphatic carbocycles. The highest BCUT2D eigenvalue weighted by atomic mass is 32.2. The molecule has 0 spiro atoms. The molecule has 0 fully saturated rings. The largest absolute Gasteiger partial charge is 0.493 e. The zero-order valence-electron chi connectivity index (χ0n) is 18.2. The molecule has 0 radical (unpaired) electrons. The number of ether oxygens (including phenoxy) is 3. The van der Waals surface area contributed by atoms with Crippen LogP contribution in [0.2, 0.25) is 0 Å². The van der Waals surface area contributed by atoms with Crippen LogP contribution in [-0.2, 0) is 11.3 Å². The topological polar surface area (TPSA) is 101 Å². The molecule has 31 heavy (non-hydrogen) atoms. The standard InChI is InChI=1S/C21H26N4O5S/c1-13(2)11-25-20(15-7-6-8-30-15)23-24-21(25)31-12-18(26)22-14-9-16(27-3)19(29-5)17(10-14)28-4/h6-10,13H,11-12H2,1-5H3,(H,22,26). The third-order valence-electron chi connectivity index (χ3n) is 4.29. The van der Waals surface area contributed by atoms with Gasteiger partial charge in [-0.05, 0) is 18.1 Å². The normalized spacial score (nSPS) is 10.9. The summed E-state index contributed by atoms with van der Waals surface area (Å²) in [6, 6.07) is 7.01. The summed E-state index contributed by atoms with van der Waals surface area (Å²) >= 11 is 1.31. The number of carbonyl (C=O) groups excluding carboxylic acids is 1. The van der Waals surface area contributed by atoms with Gasteiger partial charge in [-0.1, -0.05) is 25.6 Å². The van der Waals surface area contributed by atoms with Gasteiger partial charge < -0.3 is 23.9 Å². The first-order valence-corrected chi connectivity index (χ1v) is 10.6. The molecule has 0 aliphatic heterocycles. The van der Waals surface area contributed by atoms with Crippen molar-refractivity contribution in [2.45, 2.75) is 25.5 Å². The Labute approximate surface area is 185 Å². The van der Waals surface area contributed by atoms with E-state index in [0.29, 0.717) is 52.1 Å². The molecule has 0 saturated heterocycles. The Morgan fingerprint density at radius 3 is 2.42 bits per heavy atom. The van der Waals surface area contributed by atoms with Crippen LogP contribution >= 0.6 is 11.8 Å². The van der Waals surface area contributed by atoms with E-state index in [4.69, 9.17) is 18.6 Å². The van der Waals surface area contributed by atoms with Crippen molar-refractivity contribution in [2.75, 3.05) is 32.4 Å². The maximum atomic E-state index is 12.6. The summed E-state index contributed by atoms with van der Waals surface area (Å²) in [6.07, 6.45) is 1.60. The van der Waals surface area contributed by atoms with E-state index >= 15 is 0 Å². The first-order valence-electron chi connectivity index (χ1n) is 9.66. The number of methoxy groups -OCH3 is 3. The van der Waals surface area contributed by atoms with E-state index in [1.807, 2.05) is 10.6 Å². The van der Waals surface area contributed by atoms with Gasteiger partial charge in [-0.2, -0.15) is 0 Å². The van der Waals surface area contributed by atoms with E-state index in [1.165, 1.54) is 33.1 Å². The summed E-state index contributed by atoms with van der Waals surface area (Å²) in [5, 5.41) is 12.0. The van der Waals surface area contributed by atoms with Crippen molar-refractivity contribution in [3.63, 3.8) is 0 Å². The number of rotatable bonds is 10. The number of anilines is 1. The third kappa shape index (κ3) is 5.32. The van der Waals surface area contributed by atoms with Gasteiger partial charge in [0.25, 0.3) is 0 Å². The van der Waals surface area contributed by atoms with Crippen LogP contribution in [-0.4, -0.2) is 47.8 Å². The van der Waals surface area contributed by atoms with E-state index in [1.54, 1.807) is 24.5 Å². The molecule has 0 saturated carbocycles. The molecule has 3 aromatic rings. The van der Waals surface area contributed by atoms with Crippen LogP contribution in [0.5, 0.6) is 17.2 Å². The minimum Gasteiger partial charge on any atom is -0.493 e. The van der Waals surface area contributed by atoms with Crippen LogP contribution in [0, 0.1) is 5.92 Å². The van der Waals surface area contributed by atoms with Crippen molar-refractivity contribution in [1.29, 1.82) is 0 Å². The average Bonchev–Trinajstić information content (AvgIpc) is 3.41. The van der Waals surface area contributed by atoms with E-state index in [-0.39, 0.29) is 11.7 Å². The first-order chi connectivity index (χ1) is 15.0. The van der Waals surface area contributed by atoms with E-state index < -0.39 is 0 Å². The minimum atomic E-state index is -0.196. The molecule has 3 rings (SSSR count). The second-order valence-electron chi connectivity index (χ2n) is 7.04. The van der Waals surface area contributed by atoms with Gasteiger partial charge in [0.1, 0.15) is 0 Å². The Balaban J connectivity index is 1.73. The molecule has 1 amide bonds. The zero-order valence-corrected chi connectivity index (χ0v) is 19.0. The molecular formula is C21H26N4O5S. The van der Waals surface area contributed by atoms with Crippen molar-refractivity contribution in [2.24, 2.45) is 5.92 Å². The zero-order chi connectivity index (χ0) is 22.4. The van der Waals surface area contributed by atoms with Gasteiger partial charge >= 0.3 is 0 Å². The highest BCUT2D eigenvalue weighted by Gasteiger charge is 2.19. The van der Waals surface area contributed by atoms with E-state index in [0.717, 1.165) is 0 Å². The van der Waals surface area contributed by atoms with Gasteiger partial charge in [0.05, 0.1) is 33.3 Å². The Hall–Kier alpha value is -3.14. The van der Waals surface area contributed by atoms with Crippen LogP contribution in [0.4, 0.5) is 5.69 Å². The number of thioether (sulfide) groups is 1. The number of hydrogen-bond acceptors (Lipinski definition) is 8. The fraction of sp³-hybridized carbons (Fsp3) is 0.381. The lowest BCUT2D eigenvalue weighted by molar-refractivity contribution is -0.113. The molecule has 9 nitrogen and oxygen atoms in total. The Bertz CT molecular complexity index is 992. The lowest BCUT2D eigenvalue weighted by Gasteiger charge is -2.14. The summed E-state index contributed by atoms with van der Waals surface area (Å²) in [7, 11) is 4.58. The van der Waals surface area contributed by atoms with Crippen molar-refractivity contribution >= 4 is 23.4 Å². The van der Waals surface area contributed by atoms with Gasteiger partial charge in [-0.3, -0.25) is 9.36 Å². The fourth-order valence-electron chi connectivity index (χ4n) is 2.99. The van der Waals surface area contributed by atoms with Crippen molar-refractivity contribution in [3.8, 4) is 28.8 Å². The smallest absolute Gasteiger partial charge is 0.234 e. The Morgan fingerprint density at radius 1 is 1.16 bits per heavy atom. The van der Waals surface area contributed by atoms with Gasteiger partial charge in [0, 0.05) is 24.4 Å². The Morgan fingerprint density at radius 2 is 1.87 bits per heavy atom. The number of aromatic nitrogens is 3. The van der Waals surface area contributed by atoms with E-state index in [2.05, 4.69) is 29.4 Å². The number of carbonyl (C=O) groups is 1. The van der Waals surface area contributed by atoms with Crippen LogP contribution < -0.4 is 19.5 Å². The highest BCUT2D eigenvalue weighted by molar-refractivity contribution is 7.99. The summed E-state index contributed by atoms with van der Waals surface area (Å²) in [4.78, 5) is 12.6. The predicted octanol–water partition coefficient (Wildman–Crippen LogP) is 3.95. The van der Waals surface area contributed by atoms with Crippen LogP contribution in [0.1, 0.15) is 13.8 Å². The molecule has 0 bridgehead atoms. The molecule has 1 N–H and O–H groups in total. The summed E-state index contributed by atoms with van der Waals surface area (Å²) in [5.41, 5.74) is 0.542. The number of nitrogens with one attached hydrogen (secondary N) is 1. The average molecular weight is 447 g/mol. The molecule has 10 heteroatoms. The summed E-state index contributed by atoms with van der Waals surface area (Å²) < 4.78 is 23.4. The summed E-state index contributed by atoms with van der Waals surface area (Å²) in [5.74, 6) is 3.01. The van der Waals surface area contributed by atoms with Crippen LogP contribution in [0.15, 0.2) is 40.1 Å². The van der Waals surface area contributed by atoms with Crippen molar-refractivity contribution < 1.29 is 23.4 Å². The quantitative estimate of drug-likeness (QED) is 0.467. The van der Waals surface area contributed by atoms with Gasteiger partial charge in [0.15, 0.2) is 28.2 Å². The third-order valence-corrected chi connectivity index (χ3v) is 5.25.